The summed E-state index contributed by atoms with van der Waals surface area (Å²) in [4.78, 5) is 29.1. The van der Waals surface area contributed by atoms with Gasteiger partial charge in [0, 0.05) is 22.7 Å². The van der Waals surface area contributed by atoms with Gasteiger partial charge in [0.25, 0.3) is 15.9 Å². The summed E-state index contributed by atoms with van der Waals surface area (Å²) in [6, 6.07) is 17.3. The molecule has 206 valence electrons. The molecule has 1 aromatic heterocycles. The molecule has 1 aliphatic rings. The van der Waals surface area contributed by atoms with E-state index in [-0.39, 0.29) is 16.1 Å². The number of rotatable bonds is 9. The number of ether oxygens (including phenoxy) is 4. The van der Waals surface area contributed by atoms with E-state index in [1.807, 2.05) is 24.3 Å². The lowest BCUT2D eigenvalue weighted by atomic mass is 10.2. The van der Waals surface area contributed by atoms with E-state index in [2.05, 4.69) is 15.0 Å². The lowest BCUT2D eigenvalue weighted by molar-refractivity contribution is -0.119. The third-order valence-corrected chi connectivity index (χ3v) is 7.80. The number of sulfonamides is 1. The lowest BCUT2D eigenvalue weighted by Gasteiger charge is -2.19. The first kappa shape index (κ1) is 27.0. The van der Waals surface area contributed by atoms with Crippen LogP contribution in [0.5, 0.6) is 17.2 Å². The number of benzene rings is 3. The van der Waals surface area contributed by atoms with Crippen molar-refractivity contribution >= 4 is 44.1 Å². The molecule has 0 fully saturated rings. The van der Waals surface area contributed by atoms with E-state index in [0.717, 1.165) is 11.3 Å². The smallest absolute Gasteiger partial charge is 0.338 e. The molecule has 0 saturated heterocycles. The quantitative estimate of drug-likeness (QED) is 0.278. The number of carbonyl (C=O) groups excluding carboxylic acids is 2. The van der Waals surface area contributed by atoms with Crippen LogP contribution in [0.3, 0.4) is 0 Å². The highest BCUT2D eigenvalue weighted by Crippen LogP contribution is 2.33. The van der Waals surface area contributed by atoms with Gasteiger partial charge in [-0.3, -0.25) is 14.8 Å². The fourth-order valence-electron chi connectivity index (χ4n) is 3.67. The summed E-state index contributed by atoms with van der Waals surface area (Å²) in [6.45, 7) is 0.212. The number of aromatic nitrogens is 1. The number of amides is 1. The Morgan fingerprint density at radius 3 is 2.42 bits per heavy atom. The average molecular weight is 582 g/mol. The number of esters is 1. The number of fused-ring (bicyclic) bond motifs is 1. The van der Waals surface area contributed by atoms with Gasteiger partial charge < -0.3 is 18.9 Å². The molecule has 0 unspecified atom stereocenters. The van der Waals surface area contributed by atoms with Crippen LogP contribution in [0.4, 0.5) is 10.8 Å². The fraction of sp³-hybridized carbons (Fsp3) is 0.148. The van der Waals surface area contributed by atoms with Gasteiger partial charge >= 0.3 is 5.97 Å². The van der Waals surface area contributed by atoms with Crippen molar-refractivity contribution in [1.29, 1.82) is 0 Å². The molecule has 11 nitrogen and oxygen atoms in total. The molecule has 5 rings (SSSR count). The summed E-state index contributed by atoms with van der Waals surface area (Å²) in [6.07, 6.45) is 0. The number of methoxy groups -OCH3 is 1. The molecule has 1 aliphatic heterocycles. The van der Waals surface area contributed by atoms with Crippen LogP contribution in [0.15, 0.2) is 77.0 Å². The molecule has 0 radical (unpaired) electrons. The summed E-state index contributed by atoms with van der Waals surface area (Å²) in [5.74, 6) is 0.263. The molecule has 0 aliphatic carbocycles. The van der Waals surface area contributed by atoms with Crippen molar-refractivity contribution in [3.05, 3.63) is 77.7 Å². The highest BCUT2D eigenvalue weighted by Gasteiger charge is 2.20. The summed E-state index contributed by atoms with van der Waals surface area (Å²) >= 11 is 1.24. The average Bonchev–Trinajstić information content (AvgIpc) is 3.44. The summed E-state index contributed by atoms with van der Waals surface area (Å²) in [5.41, 5.74) is 1.93. The third-order valence-electron chi connectivity index (χ3n) is 5.67. The Bertz CT molecular complexity index is 1640. The minimum absolute atomic E-state index is 0.00241. The molecule has 2 N–H and O–H groups in total. The maximum absolute atomic E-state index is 12.8. The Morgan fingerprint density at radius 1 is 0.975 bits per heavy atom. The fourth-order valence-corrected chi connectivity index (χ4v) is 5.48. The summed E-state index contributed by atoms with van der Waals surface area (Å²) < 4.78 is 49.1. The van der Waals surface area contributed by atoms with E-state index >= 15 is 0 Å². The van der Waals surface area contributed by atoms with E-state index in [4.69, 9.17) is 18.9 Å². The second kappa shape index (κ2) is 11.6. The van der Waals surface area contributed by atoms with Gasteiger partial charge in [-0.2, -0.15) is 0 Å². The van der Waals surface area contributed by atoms with E-state index in [9.17, 15) is 18.0 Å². The number of thiazole rings is 1. The van der Waals surface area contributed by atoms with E-state index in [1.165, 1.54) is 53.8 Å². The third kappa shape index (κ3) is 6.33. The van der Waals surface area contributed by atoms with Crippen LogP contribution < -0.4 is 24.2 Å². The Kier molecular flexibility index (Phi) is 7.84. The van der Waals surface area contributed by atoms with E-state index in [0.29, 0.717) is 35.5 Å². The molecular weight excluding hydrogens is 558 g/mol. The van der Waals surface area contributed by atoms with Crippen molar-refractivity contribution in [2.45, 2.75) is 4.90 Å². The first-order chi connectivity index (χ1) is 19.3. The van der Waals surface area contributed by atoms with Crippen LogP contribution in [0.25, 0.3) is 11.3 Å². The molecule has 0 atom stereocenters. The highest BCUT2D eigenvalue weighted by atomic mass is 32.2. The molecule has 2 heterocycles. The van der Waals surface area contributed by atoms with Crippen LogP contribution in [-0.4, -0.2) is 52.2 Å². The van der Waals surface area contributed by atoms with Gasteiger partial charge in [-0.05, 0) is 60.7 Å². The summed E-state index contributed by atoms with van der Waals surface area (Å²) in [7, 11) is -2.33. The van der Waals surface area contributed by atoms with Crippen molar-refractivity contribution in [3.63, 3.8) is 0 Å². The van der Waals surface area contributed by atoms with Crippen molar-refractivity contribution in [2.75, 3.05) is 37.0 Å². The number of nitrogens with zero attached hydrogens (tertiary/aromatic N) is 1. The van der Waals surface area contributed by atoms with Crippen LogP contribution in [0.2, 0.25) is 0 Å². The molecule has 0 saturated carbocycles. The van der Waals surface area contributed by atoms with Gasteiger partial charge in [0.2, 0.25) is 0 Å². The highest BCUT2D eigenvalue weighted by molar-refractivity contribution is 7.92. The predicted octanol–water partition coefficient (Wildman–Crippen LogP) is 4.19. The second-order valence-electron chi connectivity index (χ2n) is 8.38. The van der Waals surface area contributed by atoms with Gasteiger partial charge in [0.1, 0.15) is 19.0 Å². The van der Waals surface area contributed by atoms with Crippen LogP contribution in [0, 0.1) is 0 Å². The zero-order chi connectivity index (χ0) is 28.1. The van der Waals surface area contributed by atoms with Crippen molar-refractivity contribution in [2.24, 2.45) is 0 Å². The summed E-state index contributed by atoms with van der Waals surface area (Å²) in [5, 5.41) is 4.77. The SMILES string of the molecule is COc1ccc(-c2csc(NC(=O)COC(=O)c3ccc(NS(=O)(=O)c4ccc5c(c4)OCCO5)cc3)n2)cc1. The molecule has 4 aromatic rings. The molecular formula is C27H23N3O8S2. The minimum Gasteiger partial charge on any atom is -0.497 e. The maximum atomic E-state index is 12.8. The zero-order valence-corrected chi connectivity index (χ0v) is 22.7. The molecule has 40 heavy (non-hydrogen) atoms. The van der Waals surface area contributed by atoms with Gasteiger partial charge in [-0.15, -0.1) is 11.3 Å². The normalized spacial score (nSPS) is 12.3. The van der Waals surface area contributed by atoms with Crippen LogP contribution >= 0.6 is 11.3 Å². The first-order valence-corrected chi connectivity index (χ1v) is 14.3. The largest absolute Gasteiger partial charge is 0.497 e. The molecule has 1 amide bonds. The Hall–Kier alpha value is -4.62. The number of nitrogens with one attached hydrogen (secondary N) is 2. The van der Waals surface area contributed by atoms with Gasteiger partial charge in [0.15, 0.2) is 23.2 Å². The maximum Gasteiger partial charge on any atom is 0.338 e. The van der Waals surface area contributed by atoms with Gasteiger partial charge in [-0.25, -0.2) is 18.2 Å². The van der Waals surface area contributed by atoms with E-state index < -0.39 is 28.5 Å². The topological polar surface area (TPSA) is 142 Å². The lowest BCUT2D eigenvalue weighted by Crippen LogP contribution is -2.21. The van der Waals surface area contributed by atoms with E-state index in [1.54, 1.807) is 12.5 Å². The Balaban J connectivity index is 1.13. The van der Waals surface area contributed by atoms with Gasteiger partial charge in [0.05, 0.1) is 23.3 Å². The number of carbonyl (C=O) groups is 2. The first-order valence-electron chi connectivity index (χ1n) is 11.9. The number of hydrogen-bond donors (Lipinski definition) is 2. The molecule has 13 heteroatoms. The van der Waals surface area contributed by atoms with Gasteiger partial charge in [-0.1, -0.05) is 0 Å². The number of anilines is 2. The molecule has 0 bridgehead atoms. The monoisotopic (exact) mass is 581 g/mol. The molecule has 0 spiro atoms. The second-order valence-corrected chi connectivity index (χ2v) is 10.9. The van der Waals surface area contributed by atoms with Crippen molar-refractivity contribution < 1.29 is 37.0 Å². The number of hydrogen-bond acceptors (Lipinski definition) is 10. The van der Waals surface area contributed by atoms with Crippen molar-refractivity contribution in [1.82, 2.24) is 4.98 Å². The zero-order valence-electron chi connectivity index (χ0n) is 21.1. The molecule has 3 aromatic carbocycles. The van der Waals surface area contributed by atoms with Crippen LogP contribution in [0.1, 0.15) is 10.4 Å². The van der Waals surface area contributed by atoms with Crippen LogP contribution in [-0.2, 0) is 19.6 Å². The standard InChI is InChI=1S/C27H23N3O8S2/c1-35-20-8-4-17(5-9-20)22-16-39-27(28-22)29-25(31)15-38-26(32)18-2-6-19(7-3-18)30-40(33,34)21-10-11-23-24(14-21)37-13-12-36-23/h2-11,14,16,30H,12-13,15H2,1H3,(H,28,29,31). The minimum atomic E-state index is -3.92. The Labute approximate surface area is 233 Å². The Morgan fingerprint density at radius 2 is 1.70 bits per heavy atom. The predicted molar refractivity (Wildman–Crippen MR) is 148 cm³/mol. The van der Waals surface area contributed by atoms with Crippen molar-refractivity contribution in [3.8, 4) is 28.5 Å².